The van der Waals surface area contributed by atoms with Crippen LogP contribution in [-0.4, -0.2) is 22.3 Å². The highest BCUT2D eigenvalue weighted by Gasteiger charge is 2.29. The lowest BCUT2D eigenvalue weighted by atomic mass is 10.0. The maximum absolute atomic E-state index is 11.8. The Kier molecular flexibility index (Phi) is 4.14. The number of esters is 1. The number of nitrogens with zero attached hydrogens (tertiary/aromatic N) is 2. The number of carbonyl (C=O) groups is 1. The average Bonchev–Trinajstić information content (AvgIpc) is 2.28. The van der Waals surface area contributed by atoms with E-state index in [1.165, 1.54) is 6.92 Å². The number of rotatable bonds is 4. The summed E-state index contributed by atoms with van der Waals surface area (Å²) in [5.74, 6) is -0.543. The third-order valence-electron chi connectivity index (χ3n) is 2.46. The highest BCUT2D eigenvalue weighted by molar-refractivity contribution is 5.95. The highest BCUT2D eigenvalue weighted by atomic mass is 16.7. The first-order valence-electron chi connectivity index (χ1n) is 5.31. The van der Waals surface area contributed by atoms with Gasteiger partial charge in [0.1, 0.15) is 5.71 Å². The van der Waals surface area contributed by atoms with E-state index in [-0.39, 0.29) is 5.71 Å². The van der Waals surface area contributed by atoms with Gasteiger partial charge in [0.15, 0.2) is 10.6 Å². The summed E-state index contributed by atoms with van der Waals surface area (Å²) in [6, 6.07) is 8.42. The minimum absolute atomic E-state index is 0.122. The van der Waals surface area contributed by atoms with E-state index in [9.17, 15) is 14.9 Å². The van der Waals surface area contributed by atoms with Crippen LogP contribution in [0.25, 0.3) is 0 Å². The molecule has 0 aliphatic heterocycles. The van der Waals surface area contributed by atoms with E-state index in [4.69, 9.17) is 4.74 Å². The molecule has 0 aliphatic carbocycles. The van der Waals surface area contributed by atoms with Crippen molar-refractivity contribution in [2.24, 2.45) is 5.10 Å². The SMILES string of the molecule is C/C(=N\[N+](=O)[O-])C(C)(C)OC(=O)c1ccccc1. The Morgan fingerprint density at radius 3 is 2.39 bits per heavy atom. The maximum atomic E-state index is 11.8. The molecule has 6 nitrogen and oxygen atoms in total. The molecule has 6 heteroatoms. The summed E-state index contributed by atoms with van der Waals surface area (Å²) in [6.45, 7) is 4.55. The second kappa shape index (κ2) is 5.39. The number of benzene rings is 1. The fraction of sp³-hybridized carbons (Fsp3) is 0.333. The van der Waals surface area contributed by atoms with Crippen LogP contribution in [0.2, 0.25) is 0 Å². The van der Waals surface area contributed by atoms with Gasteiger partial charge in [0.25, 0.3) is 0 Å². The molecule has 0 atom stereocenters. The number of carbonyl (C=O) groups excluding carboxylic acids is 1. The largest absolute Gasteiger partial charge is 0.450 e. The molecule has 0 aliphatic rings. The average molecular weight is 250 g/mol. The van der Waals surface area contributed by atoms with Crippen LogP contribution in [0.3, 0.4) is 0 Å². The summed E-state index contributed by atoms with van der Waals surface area (Å²) >= 11 is 0. The van der Waals surface area contributed by atoms with Gasteiger partial charge in [-0.25, -0.2) is 14.9 Å². The molecule has 0 bridgehead atoms. The van der Waals surface area contributed by atoms with Crippen molar-refractivity contribution in [2.45, 2.75) is 26.4 Å². The summed E-state index contributed by atoms with van der Waals surface area (Å²) in [5.41, 5.74) is -0.615. The van der Waals surface area contributed by atoms with E-state index in [1.54, 1.807) is 44.2 Å². The predicted molar refractivity (Wildman–Crippen MR) is 66.0 cm³/mol. The molecule has 96 valence electrons. The Balaban J connectivity index is 2.84. The van der Waals surface area contributed by atoms with Crippen molar-refractivity contribution in [1.29, 1.82) is 0 Å². The van der Waals surface area contributed by atoms with Crippen molar-refractivity contribution in [3.63, 3.8) is 0 Å². The molecule has 0 spiro atoms. The van der Waals surface area contributed by atoms with Gasteiger partial charge in [-0.05, 0) is 32.9 Å². The molecule has 0 heterocycles. The molecule has 18 heavy (non-hydrogen) atoms. The zero-order chi connectivity index (χ0) is 13.8. The van der Waals surface area contributed by atoms with Crippen molar-refractivity contribution in [2.75, 3.05) is 0 Å². The summed E-state index contributed by atoms with van der Waals surface area (Å²) in [5, 5.41) is 12.6. The van der Waals surface area contributed by atoms with Crippen LogP contribution in [0.1, 0.15) is 31.1 Å². The Hall–Kier alpha value is -2.24. The van der Waals surface area contributed by atoms with Crippen LogP contribution >= 0.6 is 0 Å². The molecule has 0 fully saturated rings. The third-order valence-corrected chi connectivity index (χ3v) is 2.46. The molecule has 0 aromatic heterocycles. The quantitative estimate of drug-likeness (QED) is 0.355. The molecule has 1 aromatic rings. The van der Waals surface area contributed by atoms with Gasteiger partial charge in [0.05, 0.1) is 10.7 Å². The standard InChI is InChI=1S/C12H14N2O4/c1-9(13-14(16)17)12(2,3)18-11(15)10-7-5-4-6-8-10/h4-8H,1-3H3/b13-9+. The van der Waals surface area contributed by atoms with Crippen molar-refractivity contribution in [3.8, 4) is 0 Å². The molecular weight excluding hydrogens is 236 g/mol. The number of nitro groups is 1. The van der Waals surface area contributed by atoms with Crippen molar-refractivity contribution < 1.29 is 14.6 Å². The van der Waals surface area contributed by atoms with E-state index >= 15 is 0 Å². The minimum Gasteiger partial charge on any atom is -0.450 e. The minimum atomic E-state index is -1.13. The lowest BCUT2D eigenvalue weighted by molar-refractivity contribution is -0.485. The molecular formula is C12H14N2O4. The molecule has 0 radical (unpaired) electrons. The molecule has 0 saturated carbocycles. The molecule has 0 N–H and O–H groups in total. The molecule has 0 unspecified atom stereocenters. The van der Waals surface area contributed by atoms with Gasteiger partial charge < -0.3 is 4.74 Å². The molecule has 0 saturated heterocycles. The number of ether oxygens (including phenoxy) is 1. The summed E-state index contributed by atoms with van der Waals surface area (Å²) in [4.78, 5) is 22.1. The van der Waals surface area contributed by atoms with E-state index in [1.807, 2.05) is 0 Å². The summed E-state index contributed by atoms with van der Waals surface area (Å²) in [6.07, 6.45) is 0. The van der Waals surface area contributed by atoms with E-state index < -0.39 is 16.6 Å². The molecule has 1 rings (SSSR count). The monoisotopic (exact) mass is 250 g/mol. The molecule has 0 amide bonds. The van der Waals surface area contributed by atoms with Crippen LogP contribution in [0.4, 0.5) is 0 Å². The zero-order valence-electron chi connectivity index (χ0n) is 10.4. The lowest BCUT2D eigenvalue weighted by Crippen LogP contribution is -2.36. The topological polar surface area (TPSA) is 81.8 Å². The van der Waals surface area contributed by atoms with Crippen LogP contribution in [0.15, 0.2) is 35.4 Å². The van der Waals surface area contributed by atoms with Crippen molar-refractivity contribution in [1.82, 2.24) is 0 Å². The normalized spacial score (nSPS) is 12.1. The summed E-state index contributed by atoms with van der Waals surface area (Å²) in [7, 11) is 0. The fourth-order valence-electron chi connectivity index (χ4n) is 1.18. The Morgan fingerprint density at radius 1 is 1.33 bits per heavy atom. The van der Waals surface area contributed by atoms with Gasteiger partial charge in [-0.1, -0.05) is 18.2 Å². The maximum Gasteiger partial charge on any atom is 0.339 e. The fourth-order valence-corrected chi connectivity index (χ4v) is 1.18. The Morgan fingerprint density at radius 2 is 1.89 bits per heavy atom. The molecule has 1 aromatic carbocycles. The van der Waals surface area contributed by atoms with E-state index in [0.29, 0.717) is 5.56 Å². The van der Waals surface area contributed by atoms with Gasteiger partial charge in [-0.2, -0.15) is 0 Å². The Bertz CT molecular complexity index is 480. The van der Waals surface area contributed by atoms with Gasteiger partial charge in [-0.15, -0.1) is 0 Å². The number of hydrazone groups is 1. The van der Waals surface area contributed by atoms with Crippen LogP contribution < -0.4 is 0 Å². The van der Waals surface area contributed by atoms with E-state index in [0.717, 1.165) is 0 Å². The predicted octanol–water partition coefficient (Wildman–Crippen LogP) is 2.27. The lowest BCUT2D eigenvalue weighted by Gasteiger charge is -2.23. The number of hydrogen-bond acceptors (Lipinski definition) is 4. The first-order chi connectivity index (χ1) is 8.33. The van der Waals surface area contributed by atoms with Crippen molar-refractivity contribution >= 4 is 11.7 Å². The second-order valence-corrected chi connectivity index (χ2v) is 4.19. The van der Waals surface area contributed by atoms with Crippen LogP contribution in [-0.2, 0) is 4.74 Å². The van der Waals surface area contributed by atoms with Crippen LogP contribution in [0, 0.1) is 10.1 Å². The van der Waals surface area contributed by atoms with Crippen molar-refractivity contribution in [3.05, 3.63) is 46.0 Å². The van der Waals surface area contributed by atoms with Gasteiger partial charge in [0.2, 0.25) is 0 Å². The highest BCUT2D eigenvalue weighted by Crippen LogP contribution is 2.15. The number of hydrogen-bond donors (Lipinski definition) is 0. The van der Waals surface area contributed by atoms with Gasteiger partial charge in [-0.3, -0.25) is 0 Å². The zero-order valence-corrected chi connectivity index (χ0v) is 10.4. The van der Waals surface area contributed by atoms with Crippen LogP contribution in [0.5, 0.6) is 0 Å². The second-order valence-electron chi connectivity index (χ2n) is 4.19. The summed E-state index contributed by atoms with van der Waals surface area (Å²) < 4.78 is 5.21. The van der Waals surface area contributed by atoms with Gasteiger partial charge >= 0.3 is 5.97 Å². The van der Waals surface area contributed by atoms with Gasteiger partial charge in [0, 0.05) is 0 Å². The van der Waals surface area contributed by atoms with E-state index in [2.05, 4.69) is 5.10 Å². The first-order valence-corrected chi connectivity index (χ1v) is 5.31. The third kappa shape index (κ3) is 3.65. The first kappa shape index (κ1) is 13.8. The smallest absolute Gasteiger partial charge is 0.339 e. The Labute approximate surface area is 104 Å².